The molecule has 1 aliphatic heterocycles. The Morgan fingerprint density at radius 1 is 0.946 bits per heavy atom. The van der Waals surface area contributed by atoms with Crippen molar-refractivity contribution in [2.75, 3.05) is 20.3 Å². The van der Waals surface area contributed by atoms with Gasteiger partial charge in [0.15, 0.2) is 0 Å². The fourth-order valence-electron chi connectivity index (χ4n) is 4.93. The number of hydrogen-bond donors (Lipinski definition) is 3. The Bertz CT molecular complexity index is 1250. The third-order valence-corrected chi connectivity index (χ3v) is 7.28. The fourth-order valence-corrected chi connectivity index (χ4v) is 4.93. The van der Waals surface area contributed by atoms with Gasteiger partial charge < -0.3 is 24.8 Å². The number of aromatic hydroxyl groups is 2. The Hall–Kier alpha value is -3.48. The molecule has 3 aromatic carbocycles. The number of likely N-dealkylation sites (N-methyl/N-ethyl adjacent to an activating group) is 1. The number of nitrogens with zero attached hydrogens (tertiary/aromatic N) is 1. The number of aliphatic hydroxyl groups is 1. The molecule has 1 aliphatic rings. The topological polar surface area (TPSA) is 82.4 Å². The van der Waals surface area contributed by atoms with E-state index in [1.165, 1.54) is 0 Å². The Morgan fingerprint density at radius 3 is 2.30 bits per heavy atom. The standard InChI is InChI=1S/C31H37NO5/c1-19(2)28(17-33)32(5)20(3)18-36-26-12-9-22(10-13-26)31-30(23-7-6-8-24(34)15-23)21(4)27-16-25(35)11-14-29(27)37-31/h6-16,19-20,28,31,33-35H,17-18H2,1-5H3. The Morgan fingerprint density at radius 2 is 1.65 bits per heavy atom. The number of rotatable bonds is 9. The van der Waals surface area contributed by atoms with Gasteiger partial charge in [0.2, 0.25) is 0 Å². The van der Waals surface area contributed by atoms with E-state index in [1.54, 1.807) is 30.3 Å². The number of hydrogen-bond acceptors (Lipinski definition) is 6. The van der Waals surface area contributed by atoms with Crippen LogP contribution >= 0.6 is 0 Å². The second-order valence-corrected chi connectivity index (χ2v) is 10.2. The summed E-state index contributed by atoms with van der Waals surface area (Å²) in [6, 6.07) is 20.4. The summed E-state index contributed by atoms with van der Waals surface area (Å²) in [5.41, 5.74) is 4.55. The molecule has 0 aromatic heterocycles. The summed E-state index contributed by atoms with van der Waals surface area (Å²) in [6.07, 6.45) is -0.394. The summed E-state index contributed by atoms with van der Waals surface area (Å²) in [5.74, 6) is 2.16. The summed E-state index contributed by atoms with van der Waals surface area (Å²) in [4.78, 5) is 2.17. The molecule has 3 unspecified atom stereocenters. The fraction of sp³-hybridized carbons (Fsp3) is 0.355. The smallest absolute Gasteiger partial charge is 0.150 e. The van der Waals surface area contributed by atoms with E-state index in [0.717, 1.165) is 33.6 Å². The maximum atomic E-state index is 10.1. The van der Waals surface area contributed by atoms with Gasteiger partial charge in [0.25, 0.3) is 0 Å². The monoisotopic (exact) mass is 503 g/mol. The SMILES string of the molecule is CC1=C(c2cccc(O)c2)C(c2ccc(OCC(C)N(C)C(CO)C(C)C)cc2)Oc2ccc(O)cc21. The largest absolute Gasteiger partial charge is 0.508 e. The zero-order valence-corrected chi connectivity index (χ0v) is 22.2. The van der Waals surface area contributed by atoms with Crippen LogP contribution in [0.25, 0.3) is 11.1 Å². The highest BCUT2D eigenvalue weighted by Crippen LogP contribution is 2.47. The number of phenols is 2. The first-order valence-electron chi connectivity index (χ1n) is 12.7. The first-order chi connectivity index (χ1) is 17.7. The second-order valence-electron chi connectivity index (χ2n) is 10.2. The van der Waals surface area contributed by atoms with Gasteiger partial charge >= 0.3 is 0 Å². The molecule has 0 radical (unpaired) electrons. The third kappa shape index (κ3) is 5.76. The minimum Gasteiger partial charge on any atom is -0.508 e. The Kier molecular flexibility index (Phi) is 8.10. The van der Waals surface area contributed by atoms with Gasteiger partial charge in [-0.15, -0.1) is 0 Å². The molecule has 6 nitrogen and oxygen atoms in total. The first kappa shape index (κ1) is 26.6. The predicted octanol–water partition coefficient (Wildman–Crippen LogP) is 5.88. The summed E-state index contributed by atoms with van der Waals surface area (Å²) in [6.45, 7) is 8.95. The number of fused-ring (bicyclic) bond motifs is 1. The van der Waals surface area contributed by atoms with E-state index >= 15 is 0 Å². The summed E-state index contributed by atoms with van der Waals surface area (Å²) >= 11 is 0. The van der Waals surface area contributed by atoms with E-state index in [9.17, 15) is 15.3 Å². The molecular weight excluding hydrogens is 466 g/mol. The number of phenolic OH excluding ortho intramolecular Hbond substituents is 2. The van der Waals surface area contributed by atoms with Gasteiger partial charge in [-0.1, -0.05) is 38.1 Å². The molecule has 196 valence electrons. The molecular formula is C31H37NO5. The minimum absolute atomic E-state index is 0.0834. The van der Waals surface area contributed by atoms with E-state index in [-0.39, 0.29) is 30.2 Å². The van der Waals surface area contributed by atoms with Crippen LogP contribution < -0.4 is 9.47 Å². The molecule has 6 heteroatoms. The summed E-state index contributed by atoms with van der Waals surface area (Å²) < 4.78 is 12.5. The molecule has 0 aliphatic carbocycles. The van der Waals surface area contributed by atoms with Crippen LogP contribution in [0, 0.1) is 5.92 Å². The second kappa shape index (κ2) is 11.3. The van der Waals surface area contributed by atoms with E-state index in [2.05, 4.69) is 25.7 Å². The molecule has 3 atom stereocenters. The minimum atomic E-state index is -0.394. The lowest BCUT2D eigenvalue weighted by atomic mass is 9.86. The Balaban J connectivity index is 1.58. The summed E-state index contributed by atoms with van der Waals surface area (Å²) in [5, 5.41) is 30.0. The van der Waals surface area contributed by atoms with Gasteiger partial charge in [0.05, 0.1) is 6.61 Å². The van der Waals surface area contributed by atoms with Crippen molar-refractivity contribution in [1.82, 2.24) is 4.90 Å². The van der Waals surface area contributed by atoms with Crippen molar-refractivity contribution < 1.29 is 24.8 Å². The summed E-state index contributed by atoms with van der Waals surface area (Å²) in [7, 11) is 2.02. The van der Waals surface area contributed by atoms with Crippen LogP contribution in [0.1, 0.15) is 50.5 Å². The Labute approximate surface area is 219 Å². The molecule has 4 rings (SSSR count). The van der Waals surface area contributed by atoms with Gasteiger partial charge in [0.1, 0.15) is 35.7 Å². The van der Waals surface area contributed by atoms with Crippen molar-refractivity contribution in [3.63, 3.8) is 0 Å². The van der Waals surface area contributed by atoms with Crippen molar-refractivity contribution in [2.45, 2.75) is 45.9 Å². The molecule has 37 heavy (non-hydrogen) atoms. The van der Waals surface area contributed by atoms with Crippen molar-refractivity contribution in [1.29, 1.82) is 0 Å². The van der Waals surface area contributed by atoms with E-state index in [1.807, 2.05) is 50.4 Å². The molecule has 0 spiro atoms. The maximum absolute atomic E-state index is 10.1. The zero-order valence-electron chi connectivity index (χ0n) is 22.2. The quantitative estimate of drug-likeness (QED) is 0.338. The normalized spacial score (nSPS) is 16.9. The van der Waals surface area contributed by atoms with Crippen LogP contribution in [0.3, 0.4) is 0 Å². The third-order valence-electron chi connectivity index (χ3n) is 7.28. The van der Waals surface area contributed by atoms with Crippen molar-refractivity contribution in [2.24, 2.45) is 5.92 Å². The van der Waals surface area contributed by atoms with E-state index in [4.69, 9.17) is 9.47 Å². The van der Waals surface area contributed by atoms with Gasteiger partial charge in [-0.3, -0.25) is 4.90 Å². The van der Waals surface area contributed by atoms with Gasteiger partial charge in [0, 0.05) is 23.2 Å². The van der Waals surface area contributed by atoms with E-state index < -0.39 is 6.10 Å². The maximum Gasteiger partial charge on any atom is 0.150 e. The van der Waals surface area contributed by atoms with Crippen LogP contribution in [0.2, 0.25) is 0 Å². The number of benzene rings is 3. The van der Waals surface area contributed by atoms with Gasteiger partial charge in [-0.25, -0.2) is 0 Å². The number of allylic oxidation sites excluding steroid dienone is 1. The molecule has 0 fully saturated rings. The van der Waals surface area contributed by atoms with Crippen LogP contribution in [-0.2, 0) is 0 Å². The molecule has 3 aromatic rings. The average molecular weight is 504 g/mol. The molecule has 3 N–H and O–H groups in total. The average Bonchev–Trinajstić information content (AvgIpc) is 2.88. The zero-order chi connectivity index (χ0) is 26.7. The highest BCUT2D eigenvalue weighted by Gasteiger charge is 2.30. The van der Waals surface area contributed by atoms with Gasteiger partial charge in [-0.2, -0.15) is 0 Å². The molecule has 0 amide bonds. The number of ether oxygens (including phenoxy) is 2. The van der Waals surface area contributed by atoms with Crippen LogP contribution in [0.15, 0.2) is 66.7 Å². The lowest BCUT2D eigenvalue weighted by molar-refractivity contribution is 0.0639. The lowest BCUT2D eigenvalue weighted by Gasteiger charge is -2.34. The molecule has 0 saturated carbocycles. The molecule has 0 bridgehead atoms. The number of aliphatic hydroxyl groups excluding tert-OH is 1. The van der Waals surface area contributed by atoms with Crippen molar-refractivity contribution >= 4 is 11.1 Å². The van der Waals surface area contributed by atoms with Crippen molar-refractivity contribution in [3.05, 3.63) is 83.4 Å². The van der Waals surface area contributed by atoms with Crippen LogP contribution in [0.5, 0.6) is 23.0 Å². The van der Waals surface area contributed by atoms with Crippen molar-refractivity contribution in [3.8, 4) is 23.0 Å². The highest BCUT2D eigenvalue weighted by atomic mass is 16.5. The van der Waals surface area contributed by atoms with Gasteiger partial charge in [-0.05, 0) is 86.0 Å². The molecule has 1 heterocycles. The van der Waals surface area contributed by atoms with Crippen LogP contribution in [-0.4, -0.2) is 52.6 Å². The molecule has 0 saturated heterocycles. The lowest BCUT2D eigenvalue weighted by Crippen LogP contribution is -2.46. The first-order valence-corrected chi connectivity index (χ1v) is 12.7. The predicted molar refractivity (Wildman–Crippen MR) is 147 cm³/mol. The van der Waals surface area contributed by atoms with Crippen LogP contribution in [0.4, 0.5) is 0 Å². The van der Waals surface area contributed by atoms with E-state index in [0.29, 0.717) is 18.3 Å². The highest BCUT2D eigenvalue weighted by molar-refractivity contribution is 5.95.